The Morgan fingerprint density at radius 1 is 1.38 bits per heavy atom. The number of hydrogen-bond donors (Lipinski definition) is 1. The number of nitriles is 1. The Hall–Kier alpha value is -3.68. The normalized spacial score (nSPS) is 15.5. The monoisotopic (exact) mass is 544 g/mol. The summed E-state index contributed by atoms with van der Waals surface area (Å²) in [6, 6.07) is 5.49. The number of carbonyl (C=O) groups is 2. The molecule has 2 heterocycles. The molecule has 2 N–H and O–H groups in total. The first-order chi connectivity index (χ1) is 17.7. The molecule has 11 heteroatoms. The molecule has 0 bridgehead atoms. The SMILES string of the molecule is C=CC(=O)N1CCN(C=O)C(CCOc2c(C)cc(F)c(-c3ccc(F)c4sc(N)c(C#N)c34)c2Cl)C1. The molecule has 1 aromatic heterocycles. The molecule has 1 aliphatic rings. The van der Waals surface area contributed by atoms with Gasteiger partial charge in [-0.1, -0.05) is 24.2 Å². The molecule has 2 aromatic carbocycles. The van der Waals surface area contributed by atoms with E-state index in [2.05, 4.69) is 6.58 Å². The summed E-state index contributed by atoms with van der Waals surface area (Å²) in [7, 11) is 0. The molecule has 0 saturated carbocycles. The summed E-state index contributed by atoms with van der Waals surface area (Å²) in [5.41, 5.74) is 6.62. The van der Waals surface area contributed by atoms with Crippen LogP contribution in [-0.4, -0.2) is 54.4 Å². The number of nitrogens with two attached hydrogens (primary N) is 1. The number of ether oxygens (including phenoxy) is 1. The lowest BCUT2D eigenvalue weighted by Crippen LogP contribution is -2.54. The second-order valence-electron chi connectivity index (χ2n) is 8.57. The highest BCUT2D eigenvalue weighted by Crippen LogP contribution is 2.46. The first-order valence-electron chi connectivity index (χ1n) is 11.4. The molecule has 1 unspecified atom stereocenters. The van der Waals surface area contributed by atoms with Gasteiger partial charge >= 0.3 is 0 Å². The maximum atomic E-state index is 15.3. The van der Waals surface area contributed by atoms with Crippen LogP contribution in [-0.2, 0) is 9.59 Å². The van der Waals surface area contributed by atoms with Crippen LogP contribution >= 0.6 is 22.9 Å². The molecule has 4 rings (SSSR count). The Bertz CT molecular complexity index is 1450. The summed E-state index contributed by atoms with van der Waals surface area (Å²) in [5.74, 6) is -1.22. The Morgan fingerprint density at radius 2 is 2.14 bits per heavy atom. The van der Waals surface area contributed by atoms with Crippen LogP contribution in [0.5, 0.6) is 5.75 Å². The minimum absolute atomic E-state index is 0.0292. The predicted molar refractivity (Wildman–Crippen MR) is 139 cm³/mol. The van der Waals surface area contributed by atoms with Gasteiger partial charge in [-0.05, 0) is 36.3 Å². The molecular weight excluding hydrogens is 522 g/mol. The summed E-state index contributed by atoms with van der Waals surface area (Å²) in [5, 5.41) is 9.89. The number of halogens is 3. The standard InChI is InChI=1S/C26H23ClF2N4O3S/c1-3-20(35)32-7-8-33(13-34)15(12-32)6-9-36-24-14(2)10-19(29)22(23(24)27)16-4-5-18(28)25-21(16)17(11-30)26(31)37-25/h3-5,10,13,15H,1,6-9,12,31H2,2H3. The fourth-order valence-corrected chi connectivity index (χ4v) is 5.89. The number of anilines is 1. The third-order valence-electron chi connectivity index (χ3n) is 6.41. The lowest BCUT2D eigenvalue weighted by atomic mass is 9.97. The molecule has 2 amide bonds. The molecule has 1 fully saturated rings. The third-order valence-corrected chi connectivity index (χ3v) is 7.79. The molecule has 1 atom stereocenters. The van der Waals surface area contributed by atoms with Gasteiger partial charge in [0, 0.05) is 37.0 Å². The van der Waals surface area contributed by atoms with Crippen LogP contribution in [0.4, 0.5) is 13.8 Å². The number of amides is 2. The number of hydrogen-bond acceptors (Lipinski definition) is 6. The fraction of sp³-hybridized carbons (Fsp3) is 0.269. The Morgan fingerprint density at radius 3 is 2.81 bits per heavy atom. The topological polar surface area (TPSA) is 99.7 Å². The molecule has 0 spiro atoms. The first kappa shape index (κ1) is 26.4. The number of carbonyl (C=O) groups excluding carboxylic acids is 2. The number of nitrogen functional groups attached to an aromatic ring is 1. The van der Waals surface area contributed by atoms with E-state index < -0.39 is 11.6 Å². The van der Waals surface area contributed by atoms with E-state index in [0.29, 0.717) is 31.6 Å². The van der Waals surface area contributed by atoms with E-state index in [9.17, 15) is 19.2 Å². The average Bonchev–Trinajstić information content (AvgIpc) is 3.23. The summed E-state index contributed by atoms with van der Waals surface area (Å²) in [4.78, 5) is 26.8. The smallest absolute Gasteiger partial charge is 0.246 e. The van der Waals surface area contributed by atoms with Crippen LogP contribution in [0.15, 0.2) is 30.9 Å². The highest BCUT2D eigenvalue weighted by atomic mass is 35.5. The van der Waals surface area contributed by atoms with Crippen molar-refractivity contribution < 1.29 is 23.1 Å². The van der Waals surface area contributed by atoms with E-state index in [1.165, 1.54) is 24.3 Å². The zero-order valence-corrected chi connectivity index (χ0v) is 21.5. The van der Waals surface area contributed by atoms with E-state index in [4.69, 9.17) is 22.1 Å². The van der Waals surface area contributed by atoms with E-state index in [1.807, 2.05) is 6.07 Å². The quantitative estimate of drug-likeness (QED) is 0.337. The van der Waals surface area contributed by atoms with Crippen molar-refractivity contribution in [3.8, 4) is 22.9 Å². The third kappa shape index (κ3) is 4.84. The number of nitrogens with zero attached hydrogens (tertiary/aromatic N) is 3. The zero-order chi connectivity index (χ0) is 26.9. The molecule has 1 saturated heterocycles. The van der Waals surface area contributed by atoms with Gasteiger partial charge in [0.05, 0.1) is 27.9 Å². The van der Waals surface area contributed by atoms with Gasteiger partial charge in [0.15, 0.2) is 0 Å². The van der Waals surface area contributed by atoms with Crippen molar-refractivity contribution >= 4 is 50.3 Å². The molecule has 1 aliphatic heterocycles. The lowest BCUT2D eigenvalue weighted by molar-refractivity contribution is -0.133. The number of fused-ring (bicyclic) bond motifs is 1. The molecule has 37 heavy (non-hydrogen) atoms. The minimum Gasteiger partial charge on any atom is -0.492 e. The first-order valence-corrected chi connectivity index (χ1v) is 12.6. The summed E-state index contributed by atoms with van der Waals surface area (Å²) >= 11 is 7.57. The highest BCUT2D eigenvalue weighted by molar-refractivity contribution is 7.23. The van der Waals surface area contributed by atoms with Crippen molar-refractivity contribution in [2.45, 2.75) is 19.4 Å². The fourth-order valence-electron chi connectivity index (χ4n) is 4.54. The van der Waals surface area contributed by atoms with Crippen LogP contribution in [0.1, 0.15) is 17.5 Å². The average molecular weight is 545 g/mol. The summed E-state index contributed by atoms with van der Waals surface area (Å²) in [6.45, 7) is 6.41. The summed E-state index contributed by atoms with van der Waals surface area (Å²) < 4.78 is 35.9. The van der Waals surface area contributed by atoms with Crippen molar-refractivity contribution in [3.63, 3.8) is 0 Å². The van der Waals surface area contributed by atoms with Gasteiger partial charge in [-0.3, -0.25) is 9.59 Å². The van der Waals surface area contributed by atoms with Gasteiger partial charge in [0.1, 0.15) is 28.5 Å². The number of aryl methyl sites for hydroxylation is 1. The van der Waals surface area contributed by atoms with Gasteiger partial charge in [-0.15, -0.1) is 11.3 Å². The van der Waals surface area contributed by atoms with E-state index in [0.717, 1.165) is 17.7 Å². The maximum absolute atomic E-state index is 15.3. The van der Waals surface area contributed by atoms with Gasteiger partial charge in [0.25, 0.3) is 0 Å². The molecule has 0 radical (unpaired) electrons. The Kier molecular flexibility index (Phi) is 7.66. The van der Waals surface area contributed by atoms with Crippen molar-refractivity contribution in [1.82, 2.24) is 9.80 Å². The van der Waals surface area contributed by atoms with Crippen LogP contribution in [0, 0.1) is 29.9 Å². The Labute approximate surface area is 221 Å². The highest BCUT2D eigenvalue weighted by Gasteiger charge is 2.28. The summed E-state index contributed by atoms with van der Waals surface area (Å²) in [6.07, 6.45) is 2.37. The van der Waals surface area contributed by atoms with Gasteiger partial charge in [-0.2, -0.15) is 5.26 Å². The van der Waals surface area contributed by atoms with E-state index in [-0.39, 0.29) is 61.1 Å². The number of benzene rings is 2. The van der Waals surface area contributed by atoms with Crippen molar-refractivity contribution in [1.29, 1.82) is 5.26 Å². The Balaban J connectivity index is 1.66. The largest absolute Gasteiger partial charge is 0.492 e. The lowest BCUT2D eigenvalue weighted by Gasteiger charge is -2.39. The van der Waals surface area contributed by atoms with Crippen molar-refractivity contribution in [3.05, 3.63) is 58.6 Å². The minimum atomic E-state index is -0.658. The number of thiophene rings is 1. The second-order valence-corrected chi connectivity index (χ2v) is 10.00. The van der Waals surface area contributed by atoms with Crippen LogP contribution in [0.25, 0.3) is 21.2 Å². The number of piperazine rings is 1. The predicted octanol–water partition coefficient (Wildman–Crippen LogP) is 4.89. The van der Waals surface area contributed by atoms with Crippen molar-refractivity contribution in [2.24, 2.45) is 0 Å². The van der Waals surface area contributed by atoms with Gasteiger partial charge in [0.2, 0.25) is 12.3 Å². The van der Waals surface area contributed by atoms with Crippen LogP contribution < -0.4 is 10.5 Å². The van der Waals surface area contributed by atoms with Gasteiger partial charge in [-0.25, -0.2) is 8.78 Å². The molecule has 7 nitrogen and oxygen atoms in total. The van der Waals surface area contributed by atoms with Crippen LogP contribution in [0.2, 0.25) is 5.02 Å². The van der Waals surface area contributed by atoms with E-state index >= 15 is 4.39 Å². The van der Waals surface area contributed by atoms with Crippen LogP contribution in [0.3, 0.4) is 0 Å². The molecule has 0 aliphatic carbocycles. The van der Waals surface area contributed by atoms with Crippen molar-refractivity contribution in [2.75, 3.05) is 32.0 Å². The van der Waals surface area contributed by atoms with E-state index in [1.54, 1.807) is 16.7 Å². The van der Waals surface area contributed by atoms with Gasteiger partial charge < -0.3 is 20.3 Å². The second kappa shape index (κ2) is 10.7. The zero-order valence-electron chi connectivity index (χ0n) is 19.9. The number of rotatable bonds is 7. The maximum Gasteiger partial charge on any atom is 0.246 e. The molecule has 3 aromatic rings. The molecular formula is C26H23ClF2N4O3S. The molecule has 192 valence electrons.